The van der Waals surface area contributed by atoms with Crippen LogP contribution in [0.5, 0.6) is 0 Å². The highest BCUT2D eigenvalue weighted by molar-refractivity contribution is 7.17. The third-order valence-corrected chi connectivity index (χ3v) is 5.07. The van der Waals surface area contributed by atoms with Crippen molar-refractivity contribution in [3.63, 3.8) is 0 Å². The molecule has 1 saturated heterocycles. The van der Waals surface area contributed by atoms with Crippen molar-refractivity contribution in [2.75, 3.05) is 38.7 Å². The van der Waals surface area contributed by atoms with E-state index in [2.05, 4.69) is 28.8 Å². The van der Waals surface area contributed by atoms with Crippen LogP contribution in [0.4, 0.5) is 5.13 Å². The molecule has 1 aliphatic heterocycles. The Bertz CT molecular complexity index is 442. The molecule has 0 aromatic carbocycles. The number of piperidine rings is 1. The summed E-state index contributed by atoms with van der Waals surface area (Å²) in [5, 5.41) is 0.925. The first-order valence-corrected chi connectivity index (χ1v) is 7.90. The second-order valence-corrected chi connectivity index (χ2v) is 6.14. The van der Waals surface area contributed by atoms with Crippen LogP contribution in [-0.4, -0.2) is 56.0 Å². The summed E-state index contributed by atoms with van der Waals surface area (Å²) >= 11 is 1.46. The molecule has 0 N–H and O–H groups in total. The maximum atomic E-state index is 11.1. The largest absolute Gasteiger partial charge is 0.378 e. The normalized spacial score (nSPS) is 17.4. The first kappa shape index (κ1) is 15.4. The molecule has 0 unspecified atom stereocenters. The van der Waals surface area contributed by atoms with Gasteiger partial charge < -0.3 is 14.5 Å². The number of rotatable bonds is 6. The zero-order chi connectivity index (χ0) is 14.5. The lowest BCUT2D eigenvalue weighted by Crippen LogP contribution is -2.43. The Hall–Kier alpha value is -0.980. The predicted octanol–water partition coefficient (Wildman–Crippen LogP) is 2.02. The summed E-state index contributed by atoms with van der Waals surface area (Å²) in [4.78, 5) is 21.0. The molecule has 2 heterocycles. The minimum Gasteiger partial charge on any atom is -0.378 e. The highest BCUT2D eigenvalue weighted by Crippen LogP contribution is 2.28. The lowest BCUT2D eigenvalue weighted by Gasteiger charge is -2.36. The molecule has 5 nitrogen and oxygen atoms in total. The van der Waals surface area contributed by atoms with Gasteiger partial charge in [0.15, 0.2) is 11.4 Å². The minimum absolute atomic E-state index is 0.396. The van der Waals surface area contributed by atoms with Gasteiger partial charge in [-0.2, -0.15) is 0 Å². The second kappa shape index (κ2) is 7.15. The van der Waals surface area contributed by atoms with Gasteiger partial charge >= 0.3 is 0 Å². The average molecular weight is 297 g/mol. The number of carbonyl (C=O) groups is 1. The monoisotopic (exact) mass is 297 g/mol. The van der Waals surface area contributed by atoms with Crippen LogP contribution in [0, 0.1) is 0 Å². The Kier molecular flexibility index (Phi) is 5.51. The number of hydrogen-bond acceptors (Lipinski definition) is 6. The molecule has 112 valence electrons. The molecule has 2 rings (SSSR count). The van der Waals surface area contributed by atoms with E-state index in [9.17, 15) is 4.79 Å². The van der Waals surface area contributed by atoms with Crippen LogP contribution in [-0.2, 0) is 11.3 Å². The van der Waals surface area contributed by atoms with Crippen molar-refractivity contribution in [3.8, 4) is 0 Å². The zero-order valence-electron chi connectivity index (χ0n) is 12.5. The molecule has 1 fully saturated rings. The number of ether oxygens (including phenoxy) is 1. The van der Waals surface area contributed by atoms with Gasteiger partial charge in [0.1, 0.15) is 0 Å². The fourth-order valence-corrected chi connectivity index (χ4v) is 3.53. The number of anilines is 1. The fourth-order valence-electron chi connectivity index (χ4n) is 2.61. The summed E-state index contributed by atoms with van der Waals surface area (Å²) in [6.45, 7) is 6.01. The first-order chi connectivity index (χ1) is 9.69. The van der Waals surface area contributed by atoms with Crippen LogP contribution >= 0.6 is 11.3 Å². The Morgan fingerprint density at radius 1 is 1.50 bits per heavy atom. The number of methoxy groups -OCH3 is 1. The van der Waals surface area contributed by atoms with Crippen molar-refractivity contribution in [3.05, 3.63) is 10.6 Å². The van der Waals surface area contributed by atoms with Crippen LogP contribution < -0.4 is 4.90 Å². The van der Waals surface area contributed by atoms with Crippen LogP contribution in [0.1, 0.15) is 35.1 Å². The number of nitrogens with zero attached hydrogens (tertiary/aromatic N) is 3. The smallest absolute Gasteiger partial charge is 0.186 e. The van der Waals surface area contributed by atoms with Gasteiger partial charge in [-0.15, -0.1) is 0 Å². The third-order valence-electron chi connectivity index (χ3n) is 3.96. The second-order valence-electron chi connectivity index (χ2n) is 5.13. The SMILES string of the molecule is CCN1CCC(N(C)c2nc(COC)c(C=O)s2)CC1. The number of aromatic nitrogens is 1. The first-order valence-electron chi connectivity index (χ1n) is 7.08. The Balaban J connectivity index is 2.05. The van der Waals surface area contributed by atoms with E-state index in [1.165, 1.54) is 11.3 Å². The van der Waals surface area contributed by atoms with E-state index in [0.29, 0.717) is 17.5 Å². The molecule has 0 bridgehead atoms. The molecule has 1 aromatic heterocycles. The van der Waals surface area contributed by atoms with Crippen molar-refractivity contribution in [2.24, 2.45) is 0 Å². The minimum atomic E-state index is 0.396. The Labute approximate surface area is 124 Å². The van der Waals surface area contributed by atoms with Crippen molar-refractivity contribution < 1.29 is 9.53 Å². The fraction of sp³-hybridized carbons (Fsp3) is 0.714. The molecule has 0 spiro atoms. The summed E-state index contributed by atoms with van der Waals surface area (Å²) in [6, 6.07) is 0.513. The van der Waals surface area contributed by atoms with Crippen molar-refractivity contribution in [1.29, 1.82) is 0 Å². The van der Waals surface area contributed by atoms with E-state index in [1.807, 2.05) is 0 Å². The van der Waals surface area contributed by atoms with E-state index in [-0.39, 0.29) is 0 Å². The lowest BCUT2D eigenvalue weighted by atomic mass is 10.0. The van der Waals surface area contributed by atoms with Crippen LogP contribution in [0.3, 0.4) is 0 Å². The van der Waals surface area contributed by atoms with Gasteiger partial charge in [0.05, 0.1) is 17.2 Å². The maximum Gasteiger partial charge on any atom is 0.186 e. The number of thiazole rings is 1. The number of likely N-dealkylation sites (tertiary alicyclic amines) is 1. The molecule has 0 radical (unpaired) electrons. The molecule has 1 aliphatic rings. The van der Waals surface area contributed by atoms with Crippen LogP contribution in [0.25, 0.3) is 0 Å². The van der Waals surface area contributed by atoms with Crippen LogP contribution in [0.2, 0.25) is 0 Å². The Morgan fingerprint density at radius 2 is 2.20 bits per heavy atom. The van der Waals surface area contributed by atoms with Gasteiger partial charge in [-0.25, -0.2) is 4.98 Å². The van der Waals surface area contributed by atoms with Gasteiger partial charge in [-0.1, -0.05) is 18.3 Å². The average Bonchev–Trinajstić information content (AvgIpc) is 2.90. The van der Waals surface area contributed by atoms with E-state index >= 15 is 0 Å². The molecule has 1 aromatic rings. The standard InChI is InChI=1S/C14H23N3O2S/c1-4-17-7-5-11(6-8-17)16(2)14-15-12(10-19-3)13(9-18)20-14/h9,11H,4-8,10H2,1-3H3. The number of carbonyl (C=O) groups excluding carboxylic acids is 1. The summed E-state index contributed by atoms with van der Waals surface area (Å²) < 4.78 is 5.10. The maximum absolute atomic E-state index is 11.1. The molecular formula is C14H23N3O2S. The van der Waals surface area contributed by atoms with Gasteiger partial charge in [-0.05, 0) is 19.4 Å². The predicted molar refractivity (Wildman–Crippen MR) is 81.8 cm³/mol. The summed E-state index contributed by atoms with van der Waals surface area (Å²) in [6.07, 6.45) is 3.18. The highest BCUT2D eigenvalue weighted by atomic mass is 32.1. The topological polar surface area (TPSA) is 45.7 Å². The summed E-state index contributed by atoms with van der Waals surface area (Å²) in [5.41, 5.74) is 0.750. The van der Waals surface area contributed by atoms with Crippen molar-refractivity contribution >= 4 is 22.8 Å². The molecule has 0 saturated carbocycles. The third kappa shape index (κ3) is 3.37. The van der Waals surface area contributed by atoms with Crippen molar-refractivity contribution in [2.45, 2.75) is 32.4 Å². The lowest BCUT2D eigenvalue weighted by molar-refractivity contribution is 0.112. The van der Waals surface area contributed by atoms with Gasteiger partial charge in [-0.3, -0.25) is 4.79 Å². The van der Waals surface area contributed by atoms with Crippen molar-refractivity contribution in [1.82, 2.24) is 9.88 Å². The highest BCUT2D eigenvalue weighted by Gasteiger charge is 2.24. The molecule has 20 heavy (non-hydrogen) atoms. The molecule has 0 aliphatic carbocycles. The number of hydrogen-bond donors (Lipinski definition) is 0. The molecular weight excluding hydrogens is 274 g/mol. The summed E-state index contributed by atoms with van der Waals surface area (Å²) in [5.74, 6) is 0. The van der Waals surface area contributed by atoms with E-state index < -0.39 is 0 Å². The molecule has 0 atom stereocenters. The molecule has 6 heteroatoms. The van der Waals surface area contributed by atoms with E-state index in [4.69, 9.17) is 4.74 Å². The Morgan fingerprint density at radius 3 is 2.75 bits per heavy atom. The van der Waals surface area contributed by atoms with Gasteiger partial charge in [0.2, 0.25) is 0 Å². The number of aldehydes is 1. The quantitative estimate of drug-likeness (QED) is 0.752. The van der Waals surface area contributed by atoms with Crippen LogP contribution in [0.15, 0.2) is 0 Å². The summed E-state index contributed by atoms with van der Waals surface area (Å²) in [7, 11) is 3.70. The van der Waals surface area contributed by atoms with Gasteiger partial charge in [0.25, 0.3) is 0 Å². The molecule has 0 amide bonds. The van der Waals surface area contributed by atoms with E-state index in [0.717, 1.165) is 49.6 Å². The van der Waals surface area contributed by atoms with Gasteiger partial charge in [0, 0.05) is 33.3 Å². The zero-order valence-corrected chi connectivity index (χ0v) is 13.3. The van der Waals surface area contributed by atoms with E-state index in [1.54, 1.807) is 7.11 Å².